The minimum Gasteiger partial charge on any atom is -0.481 e. The number of hydrogen-bond acceptors (Lipinski definition) is 5. The molecule has 0 unspecified atom stereocenters. The maximum absolute atomic E-state index is 13.1. The van der Waals surface area contributed by atoms with Crippen LogP contribution in [-0.2, 0) is 14.3 Å². The second kappa shape index (κ2) is 9.53. The first-order valence-corrected chi connectivity index (χ1v) is 11.7. The van der Waals surface area contributed by atoms with Crippen LogP contribution >= 0.6 is 11.3 Å². The number of carboxylic acid groups (broad SMARTS) is 1. The molecular formula is C25H25NO5S. The zero-order valence-corrected chi connectivity index (χ0v) is 18.6. The van der Waals surface area contributed by atoms with Crippen molar-refractivity contribution in [3.63, 3.8) is 0 Å². The van der Waals surface area contributed by atoms with Crippen molar-refractivity contribution in [3.8, 4) is 11.1 Å². The summed E-state index contributed by atoms with van der Waals surface area (Å²) in [6.07, 6.45) is 2.64. The first-order valence-electron chi connectivity index (χ1n) is 10.8. The topological polar surface area (TPSA) is 92.7 Å². The fraction of sp³-hybridized carbons (Fsp3) is 0.320. The van der Waals surface area contributed by atoms with Crippen LogP contribution in [0.5, 0.6) is 0 Å². The molecule has 1 aromatic heterocycles. The number of benzene rings is 2. The first-order chi connectivity index (χ1) is 15.5. The van der Waals surface area contributed by atoms with E-state index in [1.165, 1.54) is 11.3 Å². The van der Waals surface area contributed by atoms with Gasteiger partial charge in [-0.05, 0) is 36.1 Å². The van der Waals surface area contributed by atoms with Gasteiger partial charge in [-0.3, -0.25) is 9.59 Å². The largest absolute Gasteiger partial charge is 0.481 e. The monoisotopic (exact) mass is 451 g/mol. The Hall–Kier alpha value is -3.19. The second-order valence-electron chi connectivity index (χ2n) is 7.93. The van der Waals surface area contributed by atoms with Gasteiger partial charge in [-0.1, -0.05) is 55.3 Å². The van der Waals surface area contributed by atoms with E-state index in [0.29, 0.717) is 29.0 Å². The van der Waals surface area contributed by atoms with Crippen LogP contribution in [0, 0.1) is 11.8 Å². The molecule has 6 nitrogen and oxygen atoms in total. The highest BCUT2D eigenvalue weighted by Crippen LogP contribution is 2.40. The average molecular weight is 452 g/mol. The van der Waals surface area contributed by atoms with Gasteiger partial charge in [0.05, 0.1) is 18.4 Å². The van der Waals surface area contributed by atoms with E-state index in [1.54, 1.807) is 6.92 Å². The molecule has 4 rings (SSSR count). The second-order valence-corrected chi connectivity index (χ2v) is 8.81. The van der Waals surface area contributed by atoms with Crippen molar-refractivity contribution in [1.29, 1.82) is 0 Å². The molecule has 1 saturated carbocycles. The summed E-state index contributed by atoms with van der Waals surface area (Å²) in [6, 6.07) is 13.8. The number of amides is 1. The normalized spacial score (nSPS) is 18.3. The summed E-state index contributed by atoms with van der Waals surface area (Å²) in [6.45, 7) is 1.94. The molecule has 1 aliphatic rings. The fourth-order valence-corrected chi connectivity index (χ4v) is 5.41. The number of rotatable bonds is 6. The van der Waals surface area contributed by atoms with Crippen molar-refractivity contribution >= 4 is 45.0 Å². The third-order valence-electron chi connectivity index (χ3n) is 6.01. The number of carboxylic acids is 1. The van der Waals surface area contributed by atoms with Gasteiger partial charge in [0.1, 0.15) is 10.6 Å². The molecule has 1 amide bonds. The number of esters is 1. The Labute approximate surface area is 190 Å². The fourth-order valence-electron chi connectivity index (χ4n) is 4.46. The van der Waals surface area contributed by atoms with E-state index in [-0.39, 0.29) is 12.5 Å². The van der Waals surface area contributed by atoms with Crippen molar-refractivity contribution in [2.75, 3.05) is 11.9 Å². The summed E-state index contributed by atoms with van der Waals surface area (Å²) in [5.41, 5.74) is 1.88. The van der Waals surface area contributed by atoms with E-state index < -0.39 is 23.8 Å². The van der Waals surface area contributed by atoms with Crippen molar-refractivity contribution in [3.05, 3.63) is 53.4 Å². The number of hydrogen-bond donors (Lipinski definition) is 2. The number of fused-ring (bicyclic) bond motifs is 1. The number of carbonyl (C=O) groups is 3. The number of anilines is 1. The van der Waals surface area contributed by atoms with E-state index in [9.17, 15) is 19.5 Å². The Bertz CT molecular complexity index is 1160. The Kier molecular flexibility index (Phi) is 6.55. The van der Waals surface area contributed by atoms with Crippen LogP contribution in [0.25, 0.3) is 21.9 Å². The Morgan fingerprint density at radius 1 is 1.03 bits per heavy atom. The molecule has 1 aliphatic carbocycles. The predicted molar refractivity (Wildman–Crippen MR) is 125 cm³/mol. The molecule has 0 radical (unpaired) electrons. The zero-order valence-electron chi connectivity index (χ0n) is 17.8. The SMILES string of the molecule is CCOC(=O)c1c(-c2cccc3ccccc23)csc1NC(=O)[C@H]1CCCC[C@@H]1C(=O)O. The minimum atomic E-state index is -0.946. The number of carbonyl (C=O) groups excluding carboxylic acids is 2. The highest BCUT2D eigenvalue weighted by atomic mass is 32.1. The molecule has 0 saturated heterocycles. The van der Waals surface area contributed by atoms with Crippen molar-refractivity contribution in [2.24, 2.45) is 11.8 Å². The van der Waals surface area contributed by atoms with Crippen LogP contribution in [0.1, 0.15) is 43.0 Å². The van der Waals surface area contributed by atoms with Crippen LogP contribution in [0.3, 0.4) is 0 Å². The molecule has 1 fully saturated rings. The lowest BCUT2D eigenvalue weighted by Gasteiger charge is -2.27. The predicted octanol–water partition coefficient (Wildman–Crippen LogP) is 5.57. The smallest absolute Gasteiger partial charge is 0.341 e. The lowest BCUT2D eigenvalue weighted by atomic mass is 9.78. The molecule has 0 bridgehead atoms. The highest BCUT2D eigenvalue weighted by Gasteiger charge is 2.36. The van der Waals surface area contributed by atoms with Gasteiger partial charge in [-0.2, -0.15) is 0 Å². The number of ether oxygens (including phenoxy) is 1. The van der Waals surface area contributed by atoms with Gasteiger partial charge in [0.25, 0.3) is 0 Å². The van der Waals surface area contributed by atoms with Gasteiger partial charge in [-0.25, -0.2) is 4.79 Å². The molecule has 1 heterocycles. The summed E-state index contributed by atoms with van der Waals surface area (Å²) in [7, 11) is 0. The van der Waals surface area contributed by atoms with Gasteiger partial charge in [-0.15, -0.1) is 11.3 Å². The van der Waals surface area contributed by atoms with E-state index >= 15 is 0 Å². The van der Waals surface area contributed by atoms with Crippen LogP contribution in [0.2, 0.25) is 0 Å². The molecule has 166 valence electrons. The van der Waals surface area contributed by atoms with Gasteiger partial charge in [0.15, 0.2) is 0 Å². The summed E-state index contributed by atoms with van der Waals surface area (Å²) in [5, 5.41) is 16.7. The van der Waals surface area contributed by atoms with Gasteiger partial charge in [0.2, 0.25) is 5.91 Å². The standard InChI is InChI=1S/C25H25NO5S/c1-2-31-25(30)21-20(17-13-7-9-15-8-3-4-10-16(15)17)14-32-23(21)26-22(27)18-11-5-6-12-19(18)24(28)29/h3-4,7-10,13-14,18-19H,2,5-6,11-12H2,1H3,(H,26,27)(H,28,29)/t18-,19-/m0/s1. The zero-order chi connectivity index (χ0) is 22.7. The van der Waals surface area contributed by atoms with Crippen molar-refractivity contribution in [1.82, 2.24) is 0 Å². The van der Waals surface area contributed by atoms with Crippen molar-refractivity contribution < 1.29 is 24.2 Å². The molecule has 7 heteroatoms. The Morgan fingerprint density at radius 3 is 2.50 bits per heavy atom. The third kappa shape index (κ3) is 4.25. The Morgan fingerprint density at radius 2 is 1.75 bits per heavy atom. The molecule has 0 aliphatic heterocycles. The maximum atomic E-state index is 13.1. The quantitative estimate of drug-likeness (QED) is 0.478. The van der Waals surface area contributed by atoms with Crippen LogP contribution in [-0.4, -0.2) is 29.6 Å². The number of nitrogens with one attached hydrogen (secondary N) is 1. The highest BCUT2D eigenvalue weighted by molar-refractivity contribution is 7.15. The van der Waals surface area contributed by atoms with Gasteiger partial charge < -0.3 is 15.2 Å². The molecule has 32 heavy (non-hydrogen) atoms. The van der Waals surface area contributed by atoms with Crippen LogP contribution in [0.15, 0.2) is 47.8 Å². The number of thiophene rings is 1. The lowest BCUT2D eigenvalue weighted by molar-refractivity contribution is -0.147. The molecule has 2 aromatic carbocycles. The Balaban J connectivity index is 1.73. The van der Waals surface area contributed by atoms with E-state index in [2.05, 4.69) is 5.32 Å². The van der Waals surface area contributed by atoms with E-state index in [4.69, 9.17) is 4.74 Å². The number of aliphatic carboxylic acids is 1. The molecule has 2 atom stereocenters. The molecule has 3 aromatic rings. The summed E-state index contributed by atoms with van der Waals surface area (Å²) in [5.74, 6) is -3.12. The maximum Gasteiger partial charge on any atom is 0.341 e. The molecule has 2 N–H and O–H groups in total. The summed E-state index contributed by atoms with van der Waals surface area (Å²) in [4.78, 5) is 37.6. The van der Waals surface area contributed by atoms with E-state index in [0.717, 1.165) is 29.2 Å². The molecule has 0 spiro atoms. The van der Waals surface area contributed by atoms with Crippen molar-refractivity contribution in [2.45, 2.75) is 32.6 Å². The van der Waals surface area contributed by atoms with Crippen LogP contribution in [0.4, 0.5) is 5.00 Å². The average Bonchev–Trinajstić information content (AvgIpc) is 3.22. The minimum absolute atomic E-state index is 0.209. The summed E-state index contributed by atoms with van der Waals surface area (Å²) >= 11 is 1.26. The van der Waals surface area contributed by atoms with E-state index in [1.807, 2.05) is 47.8 Å². The first kappa shape index (κ1) is 22.0. The van der Waals surface area contributed by atoms with Gasteiger partial charge in [0, 0.05) is 10.9 Å². The molecular weight excluding hydrogens is 426 g/mol. The lowest BCUT2D eigenvalue weighted by Crippen LogP contribution is -2.36. The summed E-state index contributed by atoms with van der Waals surface area (Å²) < 4.78 is 5.31. The van der Waals surface area contributed by atoms with Gasteiger partial charge >= 0.3 is 11.9 Å². The third-order valence-corrected chi connectivity index (χ3v) is 6.90. The van der Waals surface area contributed by atoms with Crippen LogP contribution < -0.4 is 5.32 Å².